The number of carbonyl (C=O) groups excluding carboxylic acids is 2. The number of esters is 2. The van der Waals surface area contributed by atoms with Crippen LogP contribution in [0.5, 0.6) is 0 Å². The lowest BCUT2D eigenvalue weighted by atomic mass is 9.94. The van der Waals surface area contributed by atoms with Crippen LogP contribution in [-0.4, -0.2) is 30.7 Å². The van der Waals surface area contributed by atoms with Crippen molar-refractivity contribution in [1.29, 1.82) is 0 Å². The lowest BCUT2D eigenvalue weighted by Gasteiger charge is -2.16. The molecule has 1 rings (SSSR count). The van der Waals surface area contributed by atoms with Gasteiger partial charge < -0.3 is 9.47 Å². The van der Waals surface area contributed by atoms with Crippen molar-refractivity contribution in [2.45, 2.75) is 46.1 Å². The molecular formula is C13H20N2O4. The molecule has 0 N–H and O–H groups in total. The largest absolute Gasteiger partial charge is 0.462 e. The molecule has 106 valence electrons. The first-order valence-electron chi connectivity index (χ1n) is 6.46. The summed E-state index contributed by atoms with van der Waals surface area (Å²) in [5.41, 5.74) is -0.729. The minimum Gasteiger partial charge on any atom is -0.462 e. The molecule has 0 unspecified atom stereocenters. The second-order valence-corrected chi connectivity index (χ2v) is 4.75. The summed E-state index contributed by atoms with van der Waals surface area (Å²) in [5, 5.41) is 7.72. The molecule has 0 radical (unpaired) electrons. The predicted molar refractivity (Wildman–Crippen MR) is 68.5 cm³/mol. The Morgan fingerprint density at radius 1 is 1.05 bits per heavy atom. The van der Waals surface area contributed by atoms with E-state index in [1.807, 2.05) is 13.8 Å². The van der Waals surface area contributed by atoms with Crippen LogP contribution in [0.15, 0.2) is 21.5 Å². The Bertz CT molecular complexity index is 424. The summed E-state index contributed by atoms with van der Waals surface area (Å²) in [6, 6.07) is 0. The van der Waals surface area contributed by atoms with Crippen LogP contribution in [0.4, 0.5) is 0 Å². The van der Waals surface area contributed by atoms with Gasteiger partial charge in [0.1, 0.15) is 11.1 Å². The van der Waals surface area contributed by atoms with Gasteiger partial charge in [0.2, 0.25) is 0 Å². The molecule has 1 heterocycles. The summed E-state index contributed by atoms with van der Waals surface area (Å²) in [6.45, 7) is 7.79. The van der Waals surface area contributed by atoms with Gasteiger partial charge >= 0.3 is 11.9 Å². The second-order valence-electron chi connectivity index (χ2n) is 4.75. The van der Waals surface area contributed by atoms with E-state index in [9.17, 15) is 9.59 Å². The fourth-order valence-electron chi connectivity index (χ4n) is 1.58. The van der Waals surface area contributed by atoms with Crippen molar-refractivity contribution < 1.29 is 19.1 Å². The van der Waals surface area contributed by atoms with Gasteiger partial charge in [-0.25, -0.2) is 9.59 Å². The van der Waals surface area contributed by atoms with E-state index in [-0.39, 0.29) is 17.9 Å². The number of ether oxygens (including phenoxy) is 2. The Morgan fingerprint density at radius 2 is 1.58 bits per heavy atom. The molecule has 0 amide bonds. The molecule has 0 saturated heterocycles. The fraction of sp³-hybridized carbons (Fsp3) is 0.692. The third-order valence-corrected chi connectivity index (χ3v) is 2.52. The molecule has 0 bridgehead atoms. The number of azo groups is 1. The fourth-order valence-corrected chi connectivity index (χ4v) is 1.58. The van der Waals surface area contributed by atoms with Crippen LogP contribution in [0.1, 0.15) is 40.5 Å². The van der Waals surface area contributed by atoms with E-state index in [0.29, 0.717) is 19.4 Å². The number of hydrogen-bond donors (Lipinski definition) is 0. The number of rotatable bonds is 6. The summed E-state index contributed by atoms with van der Waals surface area (Å²) in [7, 11) is 0. The molecule has 0 saturated carbocycles. The predicted octanol–water partition coefficient (Wildman–Crippen LogP) is 2.39. The van der Waals surface area contributed by atoms with Crippen LogP contribution in [-0.2, 0) is 19.1 Å². The Balaban J connectivity index is 2.96. The monoisotopic (exact) mass is 268 g/mol. The lowest BCUT2D eigenvalue weighted by molar-refractivity contribution is -0.142. The van der Waals surface area contributed by atoms with E-state index >= 15 is 0 Å². The van der Waals surface area contributed by atoms with Crippen LogP contribution in [0, 0.1) is 0 Å². The maximum atomic E-state index is 12.0. The molecule has 0 aromatic carbocycles. The van der Waals surface area contributed by atoms with Crippen LogP contribution in [0.3, 0.4) is 0 Å². The second kappa shape index (κ2) is 6.45. The summed E-state index contributed by atoms with van der Waals surface area (Å²) < 4.78 is 10.1. The molecule has 1 aliphatic heterocycles. The third-order valence-electron chi connectivity index (χ3n) is 2.52. The third kappa shape index (κ3) is 3.62. The molecule has 1 aliphatic rings. The zero-order valence-corrected chi connectivity index (χ0v) is 11.9. The summed E-state index contributed by atoms with van der Waals surface area (Å²) in [5.74, 6) is -1.18. The van der Waals surface area contributed by atoms with Crippen LogP contribution in [0.2, 0.25) is 0 Å². The lowest BCUT2D eigenvalue weighted by Crippen LogP contribution is -2.27. The average molecular weight is 268 g/mol. The van der Waals surface area contributed by atoms with Crippen molar-refractivity contribution in [2.24, 2.45) is 10.2 Å². The molecule has 6 heteroatoms. The average Bonchev–Trinajstić information content (AvgIpc) is 2.68. The maximum Gasteiger partial charge on any atom is 0.359 e. The molecule has 0 atom stereocenters. The van der Waals surface area contributed by atoms with Gasteiger partial charge in [-0.1, -0.05) is 13.8 Å². The molecule has 0 aromatic heterocycles. The van der Waals surface area contributed by atoms with E-state index < -0.39 is 17.5 Å². The zero-order chi connectivity index (χ0) is 14.5. The topological polar surface area (TPSA) is 77.3 Å². The van der Waals surface area contributed by atoms with E-state index in [2.05, 4.69) is 10.2 Å². The molecule has 0 aromatic rings. The van der Waals surface area contributed by atoms with Crippen molar-refractivity contribution in [1.82, 2.24) is 0 Å². The highest BCUT2D eigenvalue weighted by atomic mass is 16.5. The van der Waals surface area contributed by atoms with Gasteiger partial charge in [-0.05, 0) is 26.7 Å². The Labute approximate surface area is 112 Å². The highest BCUT2D eigenvalue weighted by molar-refractivity contribution is 6.02. The molecule has 19 heavy (non-hydrogen) atoms. The smallest absolute Gasteiger partial charge is 0.359 e. The maximum absolute atomic E-state index is 12.0. The normalized spacial score (nSPS) is 16.6. The minimum absolute atomic E-state index is 0.0421. The van der Waals surface area contributed by atoms with E-state index in [1.54, 1.807) is 13.8 Å². The molecule has 0 fully saturated rings. The molecule has 0 aliphatic carbocycles. The van der Waals surface area contributed by atoms with Crippen LogP contribution >= 0.6 is 0 Å². The first-order valence-corrected chi connectivity index (χ1v) is 6.46. The summed E-state index contributed by atoms with van der Waals surface area (Å²) in [4.78, 5) is 23.8. The van der Waals surface area contributed by atoms with Gasteiger partial charge in [0, 0.05) is 0 Å². The van der Waals surface area contributed by atoms with Gasteiger partial charge in [-0.2, -0.15) is 5.11 Å². The zero-order valence-electron chi connectivity index (χ0n) is 11.9. The van der Waals surface area contributed by atoms with Gasteiger partial charge in [-0.3, -0.25) is 0 Å². The van der Waals surface area contributed by atoms with Gasteiger partial charge in [-0.15, -0.1) is 5.11 Å². The summed E-state index contributed by atoms with van der Waals surface area (Å²) in [6.07, 6.45) is 1.42. The van der Waals surface area contributed by atoms with E-state index in [0.717, 1.165) is 0 Å². The standard InChI is InChI=1S/C13H20N2O4/c1-5-7-18-11(16)9-10(12(17)19-8-6-2)14-15-13(9,3)4/h5-8H2,1-4H3. The highest BCUT2D eigenvalue weighted by Crippen LogP contribution is 2.33. The number of carbonyl (C=O) groups is 2. The first kappa shape index (κ1) is 15.3. The Kier molecular flexibility index (Phi) is 5.20. The molecule has 0 spiro atoms. The quantitative estimate of drug-likeness (QED) is 0.693. The first-order chi connectivity index (χ1) is 8.94. The van der Waals surface area contributed by atoms with E-state index in [1.165, 1.54) is 0 Å². The SMILES string of the molecule is CCCOC(=O)C1=C(C(=O)OCCC)C(C)(C)N=N1. The van der Waals surface area contributed by atoms with Gasteiger partial charge in [0.15, 0.2) is 5.70 Å². The number of hydrogen-bond acceptors (Lipinski definition) is 6. The van der Waals surface area contributed by atoms with Crippen molar-refractivity contribution in [2.75, 3.05) is 13.2 Å². The van der Waals surface area contributed by atoms with Gasteiger partial charge in [0.05, 0.1) is 13.2 Å². The number of nitrogens with zero attached hydrogens (tertiary/aromatic N) is 2. The van der Waals surface area contributed by atoms with Crippen molar-refractivity contribution in [3.8, 4) is 0 Å². The van der Waals surface area contributed by atoms with E-state index in [4.69, 9.17) is 9.47 Å². The summed E-state index contributed by atoms with van der Waals surface area (Å²) >= 11 is 0. The highest BCUT2D eigenvalue weighted by Gasteiger charge is 2.40. The van der Waals surface area contributed by atoms with Crippen molar-refractivity contribution in [3.63, 3.8) is 0 Å². The Hall–Kier alpha value is -1.72. The van der Waals surface area contributed by atoms with Crippen molar-refractivity contribution in [3.05, 3.63) is 11.3 Å². The Morgan fingerprint density at radius 3 is 2.11 bits per heavy atom. The van der Waals surface area contributed by atoms with Crippen LogP contribution < -0.4 is 0 Å². The molecular weight excluding hydrogens is 248 g/mol. The van der Waals surface area contributed by atoms with Crippen LogP contribution in [0.25, 0.3) is 0 Å². The molecule has 6 nitrogen and oxygen atoms in total. The minimum atomic E-state index is -0.856. The van der Waals surface area contributed by atoms with Gasteiger partial charge in [0.25, 0.3) is 0 Å². The van der Waals surface area contributed by atoms with Crippen molar-refractivity contribution >= 4 is 11.9 Å².